The zero-order valence-electron chi connectivity index (χ0n) is 15.5. The van der Waals surface area contributed by atoms with Crippen LogP contribution in [0.4, 0.5) is 5.69 Å². The van der Waals surface area contributed by atoms with Gasteiger partial charge in [-0.05, 0) is 36.8 Å². The molecule has 0 bridgehead atoms. The van der Waals surface area contributed by atoms with Crippen molar-refractivity contribution in [1.29, 1.82) is 0 Å². The Bertz CT molecular complexity index is 1270. The van der Waals surface area contributed by atoms with Crippen molar-refractivity contribution < 1.29 is 8.42 Å². The normalized spacial score (nSPS) is 11.4. The summed E-state index contributed by atoms with van der Waals surface area (Å²) in [6, 6.07) is 22.0. The van der Waals surface area contributed by atoms with Crippen LogP contribution in [0.15, 0.2) is 83.1 Å². The fraction of sp³-hybridized carbons (Fsp3) is 0.0455. The van der Waals surface area contributed by atoms with Crippen molar-refractivity contribution >= 4 is 38.6 Å². The lowest BCUT2D eigenvalue weighted by atomic mass is 10.1. The molecule has 0 atom stereocenters. The molecular weight excluding hydrogens is 424 g/mol. The summed E-state index contributed by atoms with van der Waals surface area (Å²) in [5.74, 6) is 0. The van der Waals surface area contributed by atoms with Gasteiger partial charge >= 0.3 is 0 Å². The molecule has 0 amide bonds. The molecule has 0 aliphatic carbocycles. The first-order valence-corrected chi connectivity index (χ1v) is 11.6. The third kappa shape index (κ3) is 4.19. The predicted octanol–water partition coefficient (Wildman–Crippen LogP) is 6.24. The average Bonchev–Trinajstić information content (AvgIpc) is 3.21. The number of nitrogens with zero attached hydrogens (tertiary/aromatic N) is 1. The largest absolute Gasteiger partial charge is 0.280 e. The van der Waals surface area contributed by atoms with Gasteiger partial charge in [-0.25, -0.2) is 13.4 Å². The van der Waals surface area contributed by atoms with E-state index in [1.54, 1.807) is 54.7 Å². The van der Waals surface area contributed by atoms with E-state index in [1.807, 2.05) is 41.8 Å². The summed E-state index contributed by atoms with van der Waals surface area (Å²) in [6.45, 7) is 1.69. The van der Waals surface area contributed by atoms with Crippen LogP contribution in [0.3, 0.4) is 0 Å². The number of anilines is 1. The minimum absolute atomic E-state index is 0.162. The summed E-state index contributed by atoms with van der Waals surface area (Å²) in [6.07, 6.45) is 0. The molecule has 4 rings (SSSR count). The van der Waals surface area contributed by atoms with Crippen molar-refractivity contribution in [3.05, 3.63) is 88.8 Å². The zero-order chi connectivity index (χ0) is 20.4. The molecule has 4 aromatic rings. The van der Waals surface area contributed by atoms with Crippen molar-refractivity contribution in [2.24, 2.45) is 0 Å². The molecule has 1 N–H and O–H groups in total. The van der Waals surface area contributed by atoms with E-state index in [1.165, 1.54) is 0 Å². The van der Waals surface area contributed by atoms with Gasteiger partial charge in [-0.2, -0.15) is 0 Å². The van der Waals surface area contributed by atoms with Gasteiger partial charge in [0.2, 0.25) is 0 Å². The van der Waals surface area contributed by atoms with Crippen LogP contribution >= 0.6 is 22.9 Å². The SMILES string of the molecule is Cc1c(Cl)cccc1S(=O)(=O)Nc1cccc(-c2csc(-c3ccccc3)n2)c1. The molecule has 7 heteroatoms. The molecule has 0 aliphatic rings. The van der Waals surface area contributed by atoms with E-state index >= 15 is 0 Å². The third-order valence-electron chi connectivity index (χ3n) is 4.44. The maximum Gasteiger partial charge on any atom is 0.262 e. The second kappa shape index (κ2) is 7.99. The first-order valence-electron chi connectivity index (χ1n) is 8.83. The highest BCUT2D eigenvalue weighted by molar-refractivity contribution is 7.92. The standard InChI is InChI=1S/C22H17ClN2O2S2/c1-15-19(23)11-6-12-21(15)29(26,27)25-18-10-5-9-17(13-18)20-14-28-22(24-20)16-7-3-2-4-8-16/h2-14,25H,1H3. The Labute approximate surface area is 178 Å². The zero-order valence-corrected chi connectivity index (χ0v) is 17.9. The maximum absolute atomic E-state index is 12.8. The highest BCUT2D eigenvalue weighted by Crippen LogP contribution is 2.31. The van der Waals surface area contributed by atoms with E-state index in [4.69, 9.17) is 16.6 Å². The minimum Gasteiger partial charge on any atom is -0.280 e. The number of sulfonamides is 1. The molecule has 0 radical (unpaired) electrons. The number of benzene rings is 3. The van der Waals surface area contributed by atoms with E-state index in [2.05, 4.69) is 4.72 Å². The van der Waals surface area contributed by atoms with Crippen LogP contribution in [0.1, 0.15) is 5.56 Å². The van der Waals surface area contributed by atoms with Crippen molar-refractivity contribution in [1.82, 2.24) is 4.98 Å². The highest BCUT2D eigenvalue weighted by Gasteiger charge is 2.18. The average molecular weight is 441 g/mol. The molecule has 0 saturated carbocycles. The number of hydrogen-bond donors (Lipinski definition) is 1. The number of aromatic nitrogens is 1. The van der Waals surface area contributed by atoms with Crippen LogP contribution in [0.25, 0.3) is 21.8 Å². The van der Waals surface area contributed by atoms with Gasteiger partial charge in [0.25, 0.3) is 10.0 Å². The first-order chi connectivity index (χ1) is 13.9. The fourth-order valence-corrected chi connectivity index (χ4v) is 5.33. The van der Waals surface area contributed by atoms with Gasteiger partial charge in [0.1, 0.15) is 5.01 Å². The summed E-state index contributed by atoms with van der Waals surface area (Å²) in [5.41, 5.74) is 3.68. The smallest absolute Gasteiger partial charge is 0.262 e. The van der Waals surface area contributed by atoms with Crippen LogP contribution in [0.2, 0.25) is 5.02 Å². The summed E-state index contributed by atoms with van der Waals surface area (Å²) in [7, 11) is -3.76. The molecule has 29 heavy (non-hydrogen) atoms. The summed E-state index contributed by atoms with van der Waals surface area (Å²) in [5, 5.41) is 3.30. The van der Waals surface area contributed by atoms with Gasteiger partial charge in [0.15, 0.2) is 0 Å². The van der Waals surface area contributed by atoms with E-state index in [0.29, 0.717) is 16.3 Å². The Morgan fingerprint density at radius 3 is 2.45 bits per heavy atom. The predicted molar refractivity (Wildman–Crippen MR) is 120 cm³/mol. The molecule has 0 spiro atoms. The summed E-state index contributed by atoms with van der Waals surface area (Å²) in [4.78, 5) is 4.86. The lowest BCUT2D eigenvalue weighted by Crippen LogP contribution is -2.14. The summed E-state index contributed by atoms with van der Waals surface area (Å²) >= 11 is 7.63. The molecule has 4 nitrogen and oxygen atoms in total. The minimum atomic E-state index is -3.76. The summed E-state index contributed by atoms with van der Waals surface area (Å²) < 4.78 is 28.3. The van der Waals surface area contributed by atoms with Gasteiger partial charge < -0.3 is 0 Å². The molecule has 0 unspecified atom stereocenters. The van der Waals surface area contributed by atoms with Gasteiger partial charge in [0.05, 0.1) is 10.6 Å². The van der Waals surface area contributed by atoms with Crippen molar-refractivity contribution in [2.75, 3.05) is 4.72 Å². The Morgan fingerprint density at radius 2 is 1.66 bits per heavy atom. The van der Waals surface area contributed by atoms with Crippen molar-refractivity contribution in [3.8, 4) is 21.8 Å². The number of rotatable bonds is 5. The van der Waals surface area contributed by atoms with E-state index in [0.717, 1.165) is 21.8 Å². The van der Waals surface area contributed by atoms with Gasteiger partial charge in [0, 0.05) is 27.2 Å². The fourth-order valence-electron chi connectivity index (χ4n) is 2.95. The lowest BCUT2D eigenvalue weighted by Gasteiger charge is -2.12. The lowest BCUT2D eigenvalue weighted by molar-refractivity contribution is 0.600. The van der Waals surface area contributed by atoms with E-state index in [-0.39, 0.29) is 4.90 Å². The maximum atomic E-state index is 12.8. The second-order valence-electron chi connectivity index (χ2n) is 6.45. The molecule has 146 valence electrons. The Kier molecular flexibility index (Phi) is 5.41. The number of halogens is 1. The number of nitrogens with one attached hydrogen (secondary N) is 1. The molecule has 0 fully saturated rings. The van der Waals surface area contributed by atoms with Crippen LogP contribution in [0.5, 0.6) is 0 Å². The Balaban J connectivity index is 1.63. The van der Waals surface area contributed by atoms with Gasteiger partial charge in [-0.3, -0.25) is 4.72 Å². The molecule has 3 aromatic carbocycles. The Hall–Kier alpha value is -2.67. The Morgan fingerprint density at radius 1 is 0.931 bits per heavy atom. The topological polar surface area (TPSA) is 59.1 Å². The van der Waals surface area contributed by atoms with Crippen molar-refractivity contribution in [2.45, 2.75) is 11.8 Å². The molecule has 1 heterocycles. The van der Waals surface area contributed by atoms with Gasteiger partial charge in [-0.1, -0.05) is 60.1 Å². The molecular formula is C22H17ClN2O2S2. The molecule has 0 aliphatic heterocycles. The van der Waals surface area contributed by atoms with Crippen molar-refractivity contribution in [3.63, 3.8) is 0 Å². The molecule has 1 aromatic heterocycles. The van der Waals surface area contributed by atoms with Crippen LogP contribution < -0.4 is 4.72 Å². The third-order valence-corrected chi connectivity index (χ3v) is 7.27. The quantitative estimate of drug-likeness (QED) is 0.399. The molecule has 0 saturated heterocycles. The number of hydrogen-bond acceptors (Lipinski definition) is 4. The van der Waals surface area contributed by atoms with Gasteiger partial charge in [-0.15, -0.1) is 11.3 Å². The van der Waals surface area contributed by atoms with Crippen LogP contribution in [-0.4, -0.2) is 13.4 Å². The highest BCUT2D eigenvalue weighted by atomic mass is 35.5. The van der Waals surface area contributed by atoms with Crippen LogP contribution in [0, 0.1) is 6.92 Å². The second-order valence-corrected chi connectivity index (χ2v) is 9.37. The van der Waals surface area contributed by atoms with E-state index in [9.17, 15) is 8.42 Å². The van der Waals surface area contributed by atoms with Crippen LogP contribution in [-0.2, 0) is 10.0 Å². The monoisotopic (exact) mass is 440 g/mol. The first kappa shape index (κ1) is 19.6. The van der Waals surface area contributed by atoms with E-state index < -0.39 is 10.0 Å². The number of thiazole rings is 1.